The molecule has 2 N–H and O–H groups in total. The smallest absolute Gasteiger partial charge is 0.138 e. The van der Waals surface area contributed by atoms with Crippen molar-refractivity contribution in [1.82, 2.24) is 9.38 Å². The van der Waals surface area contributed by atoms with Crippen molar-refractivity contribution in [3.8, 4) is 0 Å². The number of fused-ring (bicyclic) bond motifs is 1. The van der Waals surface area contributed by atoms with Crippen molar-refractivity contribution >= 4 is 11.5 Å². The second kappa shape index (κ2) is 4.37. The third kappa shape index (κ3) is 1.89. The van der Waals surface area contributed by atoms with Crippen molar-refractivity contribution in [3.05, 3.63) is 30.6 Å². The van der Waals surface area contributed by atoms with Gasteiger partial charge in [0, 0.05) is 25.5 Å². The minimum absolute atomic E-state index is 0.702. The maximum Gasteiger partial charge on any atom is 0.138 e. The van der Waals surface area contributed by atoms with Crippen molar-refractivity contribution in [2.75, 3.05) is 24.5 Å². The first-order chi connectivity index (χ1) is 8.38. The normalized spacial score (nSPS) is 17.8. The first-order valence-corrected chi connectivity index (χ1v) is 6.25. The van der Waals surface area contributed by atoms with Gasteiger partial charge in [0.05, 0.1) is 0 Å². The average Bonchev–Trinajstić information content (AvgIpc) is 2.87. The summed E-state index contributed by atoms with van der Waals surface area (Å²) in [4.78, 5) is 6.75. The molecule has 1 aliphatic heterocycles. The number of imidazole rings is 1. The summed E-state index contributed by atoms with van der Waals surface area (Å²) in [7, 11) is 0. The van der Waals surface area contributed by atoms with Crippen molar-refractivity contribution in [2.24, 2.45) is 11.7 Å². The molecule has 17 heavy (non-hydrogen) atoms. The van der Waals surface area contributed by atoms with E-state index in [0.29, 0.717) is 5.92 Å². The number of nitrogens with zero attached hydrogens (tertiary/aromatic N) is 3. The van der Waals surface area contributed by atoms with E-state index in [0.717, 1.165) is 25.3 Å². The van der Waals surface area contributed by atoms with Crippen LogP contribution in [0.15, 0.2) is 30.6 Å². The Kier molecular flexibility index (Phi) is 2.73. The molecule has 1 fully saturated rings. The van der Waals surface area contributed by atoms with Gasteiger partial charge in [-0.1, -0.05) is 6.07 Å². The summed E-state index contributed by atoms with van der Waals surface area (Å²) in [6.07, 6.45) is 6.27. The molecule has 0 aromatic carbocycles. The molecule has 3 heterocycles. The van der Waals surface area contributed by atoms with Crippen LogP contribution in [0.1, 0.15) is 12.8 Å². The molecular formula is C13H18N4. The summed E-state index contributed by atoms with van der Waals surface area (Å²) in [6, 6.07) is 6.28. The van der Waals surface area contributed by atoms with Gasteiger partial charge in [0.25, 0.3) is 0 Å². The van der Waals surface area contributed by atoms with Crippen molar-refractivity contribution in [2.45, 2.75) is 12.8 Å². The molecule has 1 saturated heterocycles. The topological polar surface area (TPSA) is 46.6 Å². The lowest BCUT2D eigenvalue weighted by atomic mass is 9.97. The Morgan fingerprint density at radius 3 is 2.88 bits per heavy atom. The summed E-state index contributed by atoms with van der Waals surface area (Å²) in [5.41, 5.74) is 6.74. The molecule has 0 spiro atoms. The lowest BCUT2D eigenvalue weighted by Gasteiger charge is -2.33. The number of pyridine rings is 1. The third-order valence-electron chi connectivity index (χ3n) is 3.68. The van der Waals surface area contributed by atoms with Crippen LogP contribution in [-0.2, 0) is 0 Å². The van der Waals surface area contributed by atoms with Gasteiger partial charge < -0.3 is 10.6 Å². The second-order valence-electron chi connectivity index (χ2n) is 4.71. The summed E-state index contributed by atoms with van der Waals surface area (Å²) < 4.78 is 2.16. The Bertz CT molecular complexity index is 497. The highest BCUT2D eigenvalue weighted by molar-refractivity contribution is 5.51. The fraction of sp³-hybridized carbons (Fsp3) is 0.462. The van der Waals surface area contributed by atoms with Crippen LogP contribution in [0.4, 0.5) is 5.82 Å². The molecule has 0 radical (unpaired) electrons. The molecule has 0 unspecified atom stereocenters. The molecule has 1 aliphatic rings. The van der Waals surface area contributed by atoms with Crippen LogP contribution in [0.25, 0.3) is 5.65 Å². The monoisotopic (exact) mass is 230 g/mol. The zero-order valence-corrected chi connectivity index (χ0v) is 9.92. The molecule has 4 nitrogen and oxygen atoms in total. The van der Waals surface area contributed by atoms with Crippen LogP contribution in [0, 0.1) is 5.92 Å². The first kappa shape index (κ1) is 10.6. The minimum Gasteiger partial charge on any atom is -0.358 e. The Hall–Kier alpha value is -1.55. The number of nitrogens with two attached hydrogens (primary N) is 1. The Morgan fingerprint density at radius 1 is 1.29 bits per heavy atom. The van der Waals surface area contributed by atoms with Crippen LogP contribution < -0.4 is 10.6 Å². The van der Waals surface area contributed by atoms with E-state index in [2.05, 4.69) is 26.4 Å². The third-order valence-corrected chi connectivity index (χ3v) is 3.68. The lowest BCUT2D eigenvalue weighted by molar-refractivity contribution is 0.412. The molecule has 2 aromatic rings. The van der Waals surface area contributed by atoms with E-state index < -0.39 is 0 Å². The molecule has 90 valence electrons. The average molecular weight is 230 g/mol. The number of aromatic nitrogens is 2. The molecule has 0 atom stereocenters. The fourth-order valence-electron chi connectivity index (χ4n) is 2.59. The highest BCUT2D eigenvalue weighted by Gasteiger charge is 2.19. The molecule has 0 bridgehead atoms. The number of hydrogen-bond acceptors (Lipinski definition) is 3. The van der Waals surface area contributed by atoms with Crippen LogP contribution in [0.2, 0.25) is 0 Å². The zero-order valence-electron chi connectivity index (χ0n) is 9.92. The van der Waals surface area contributed by atoms with Crippen molar-refractivity contribution < 1.29 is 0 Å². The fourth-order valence-corrected chi connectivity index (χ4v) is 2.59. The standard InChI is InChI=1S/C13H18N4/c14-10-11-4-7-16(8-5-11)13-3-1-2-12-15-6-9-17(12)13/h1-3,6,9,11H,4-5,7-8,10,14H2. The highest BCUT2D eigenvalue weighted by Crippen LogP contribution is 2.23. The predicted octanol–water partition coefficient (Wildman–Crippen LogP) is 1.51. The van der Waals surface area contributed by atoms with E-state index in [9.17, 15) is 0 Å². The summed E-state index contributed by atoms with van der Waals surface area (Å²) in [6.45, 7) is 3.02. The molecular weight excluding hydrogens is 212 g/mol. The zero-order chi connectivity index (χ0) is 11.7. The second-order valence-corrected chi connectivity index (χ2v) is 4.71. The van der Waals surface area contributed by atoms with Crippen molar-refractivity contribution in [1.29, 1.82) is 0 Å². The van der Waals surface area contributed by atoms with Gasteiger partial charge in [-0.3, -0.25) is 4.40 Å². The lowest BCUT2D eigenvalue weighted by Crippen LogP contribution is -2.36. The summed E-state index contributed by atoms with van der Waals surface area (Å²) >= 11 is 0. The minimum atomic E-state index is 0.702. The molecule has 3 rings (SSSR count). The Labute approximate surface area is 101 Å². The molecule has 0 amide bonds. The summed E-state index contributed by atoms with van der Waals surface area (Å²) in [5.74, 6) is 1.95. The van der Waals surface area contributed by atoms with Gasteiger partial charge in [0.15, 0.2) is 0 Å². The van der Waals surface area contributed by atoms with Crippen molar-refractivity contribution in [3.63, 3.8) is 0 Å². The van der Waals surface area contributed by atoms with Gasteiger partial charge in [0.1, 0.15) is 11.5 Å². The van der Waals surface area contributed by atoms with Gasteiger partial charge in [-0.2, -0.15) is 0 Å². The SMILES string of the molecule is NCC1CCN(c2cccc3nccn23)CC1. The number of anilines is 1. The Balaban J connectivity index is 1.87. The van der Waals surface area contributed by atoms with Crippen LogP contribution in [0.5, 0.6) is 0 Å². The molecule has 0 saturated carbocycles. The summed E-state index contributed by atoms with van der Waals surface area (Å²) in [5, 5.41) is 0. The van der Waals surface area contributed by atoms with E-state index >= 15 is 0 Å². The highest BCUT2D eigenvalue weighted by atomic mass is 15.2. The van der Waals surface area contributed by atoms with E-state index in [1.807, 2.05) is 18.5 Å². The van der Waals surface area contributed by atoms with Gasteiger partial charge in [-0.05, 0) is 37.4 Å². The quantitative estimate of drug-likeness (QED) is 0.850. The van der Waals surface area contributed by atoms with E-state index in [1.165, 1.54) is 18.7 Å². The molecule has 4 heteroatoms. The van der Waals surface area contributed by atoms with Crippen LogP contribution >= 0.6 is 0 Å². The van der Waals surface area contributed by atoms with Gasteiger partial charge >= 0.3 is 0 Å². The van der Waals surface area contributed by atoms with Gasteiger partial charge in [-0.25, -0.2) is 4.98 Å². The molecule has 0 aliphatic carbocycles. The number of hydrogen-bond donors (Lipinski definition) is 1. The number of rotatable bonds is 2. The largest absolute Gasteiger partial charge is 0.358 e. The predicted molar refractivity (Wildman–Crippen MR) is 69.2 cm³/mol. The van der Waals surface area contributed by atoms with E-state index in [-0.39, 0.29) is 0 Å². The van der Waals surface area contributed by atoms with Gasteiger partial charge in [0.2, 0.25) is 0 Å². The van der Waals surface area contributed by atoms with E-state index in [4.69, 9.17) is 5.73 Å². The molecule has 2 aromatic heterocycles. The maximum atomic E-state index is 5.73. The van der Waals surface area contributed by atoms with Crippen LogP contribution in [0.3, 0.4) is 0 Å². The maximum absolute atomic E-state index is 5.73. The van der Waals surface area contributed by atoms with Gasteiger partial charge in [-0.15, -0.1) is 0 Å². The number of piperidine rings is 1. The first-order valence-electron chi connectivity index (χ1n) is 6.25. The van der Waals surface area contributed by atoms with E-state index in [1.54, 1.807) is 0 Å². The Morgan fingerprint density at radius 2 is 2.12 bits per heavy atom. The van der Waals surface area contributed by atoms with Crippen LogP contribution in [-0.4, -0.2) is 29.0 Å².